The lowest BCUT2D eigenvalue weighted by atomic mass is 10.1. The molecule has 0 saturated heterocycles. The lowest BCUT2D eigenvalue weighted by Crippen LogP contribution is -2.03. The highest BCUT2D eigenvalue weighted by Gasteiger charge is 2.15. The molecule has 1 aliphatic carbocycles. The number of hydrogen-bond acceptors (Lipinski definition) is 2. The van der Waals surface area contributed by atoms with Crippen LogP contribution in [0.5, 0.6) is 0 Å². The molecule has 2 atom stereocenters. The van der Waals surface area contributed by atoms with Crippen molar-refractivity contribution in [2.45, 2.75) is 51.9 Å². The highest BCUT2D eigenvalue weighted by molar-refractivity contribution is 7.99. The molecule has 0 bridgehead atoms. The first-order valence-electron chi connectivity index (χ1n) is 5.69. The summed E-state index contributed by atoms with van der Waals surface area (Å²) in [5, 5.41) is 0. The summed E-state index contributed by atoms with van der Waals surface area (Å²) in [7, 11) is 0. The zero-order valence-corrected chi connectivity index (χ0v) is 10.4. The summed E-state index contributed by atoms with van der Waals surface area (Å²) in [6.07, 6.45) is 7.16. The van der Waals surface area contributed by atoms with E-state index < -0.39 is 0 Å². The Bertz CT molecular complexity index is 189. The van der Waals surface area contributed by atoms with Gasteiger partial charge in [0, 0.05) is 6.42 Å². The number of allylic oxidation sites excluding steroid dienone is 2. The molecule has 0 radical (unpaired) electrons. The van der Waals surface area contributed by atoms with Gasteiger partial charge in [0.2, 0.25) is 0 Å². The molecule has 0 saturated carbocycles. The van der Waals surface area contributed by atoms with Gasteiger partial charge in [-0.25, -0.2) is 0 Å². The van der Waals surface area contributed by atoms with Gasteiger partial charge < -0.3 is 4.74 Å². The summed E-state index contributed by atoms with van der Waals surface area (Å²) in [5.74, 6) is 3.23. The van der Waals surface area contributed by atoms with Crippen LogP contribution in [0.1, 0.15) is 46.5 Å². The van der Waals surface area contributed by atoms with Crippen molar-refractivity contribution < 1.29 is 4.74 Å². The summed E-state index contributed by atoms with van der Waals surface area (Å²) < 4.78 is 5.85. The van der Waals surface area contributed by atoms with E-state index in [9.17, 15) is 0 Å². The lowest BCUT2D eigenvalue weighted by molar-refractivity contribution is 0.191. The van der Waals surface area contributed by atoms with Gasteiger partial charge in [0.25, 0.3) is 0 Å². The van der Waals surface area contributed by atoms with E-state index in [4.69, 9.17) is 4.74 Å². The lowest BCUT2D eigenvalue weighted by Gasteiger charge is -2.15. The molecule has 0 aromatic carbocycles. The third kappa shape index (κ3) is 4.41. The van der Waals surface area contributed by atoms with Crippen LogP contribution in [-0.2, 0) is 4.74 Å². The van der Waals surface area contributed by atoms with Crippen LogP contribution in [0.4, 0.5) is 0 Å². The molecule has 0 amide bonds. The van der Waals surface area contributed by atoms with Crippen LogP contribution in [0.3, 0.4) is 0 Å². The molecular weight excluding hydrogens is 192 g/mol. The van der Waals surface area contributed by atoms with Crippen LogP contribution in [-0.4, -0.2) is 11.2 Å². The maximum Gasteiger partial charge on any atom is 0.141 e. The van der Waals surface area contributed by atoms with Crippen molar-refractivity contribution in [1.29, 1.82) is 0 Å². The minimum Gasteiger partial charge on any atom is -0.485 e. The first kappa shape index (κ1) is 12.0. The Morgan fingerprint density at radius 1 is 1.64 bits per heavy atom. The Morgan fingerprint density at radius 2 is 2.43 bits per heavy atom. The number of ether oxygens (including phenoxy) is 1. The van der Waals surface area contributed by atoms with Crippen molar-refractivity contribution in [2.24, 2.45) is 5.92 Å². The molecule has 0 aromatic rings. The van der Waals surface area contributed by atoms with E-state index in [-0.39, 0.29) is 0 Å². The topological polar surface area (TPSA) is 9.23 Å². The average molecular weight is 214 g/mol. The van der Waals surface area contributed by atoms with Gasteiger partial charge in [-0.3, -0.25) is 0 Å². The van der Waals surface area contributed by atoms with Crippen molar-refractivity contribution in [2.75, 3.05) is 5.75 Å². The van der Waals surface area contributed by atoms with Gasteiger partial charge in [-0.1, -0.05) is 20.3 Å². The Labute approximate surface area is 92.3 Å². The van der Waals surface area contributed by atoms with E-state index in [1.807, 2.05) is 11.8 Å². The first-order valence-corrected chi connectivity index (χ1v) is 6.74. The smallest absolute Gasteiger partial charge is 0.141 e. The zero-order valence-electron chi connectivity index (χ0n) is 9.58. The van der Waals surface area contributed by atoms with Gasteiger partial charge in [0.15, 0.2) is 0 Å². The van der Waals surface area contributed by atoms with E-state index in [1.54, 1.807) is 0 Å². The van der Waals surface area contributed by atoms with Gasteiger partial charge in [0.1, 0.15) is 5.44 Å². The fourth-order valence-corrected chi connectivity index (χ4v) is 2.56. The standard InChI is InChI=1S/C12H22OS/c1-4-5-8-14-11(3)13-12-7-6-10(2)9-12/h7,10-11H,4-6,8-9H2,1-3H3. The van der Waals surface area contributed by atoms with Gasteiger partial charge in [-0.05, 0) is 37.5 Å². The summed E-state index contributed by atoms with van der Waals surface area (Å²) in [4.78, 5) is 0. The van der Waals surface area contributed by atoms with Crippen molar-refractivity contribution in [3.05, 3.63) is 11.8 Å². The Morgan fingerprint density at radius 3 is 3.00 bits per heavy atom. The van der Waals surface area contributed by atoms with Gasteiger partial charge in [-0.2, -0.15) is 0 Å². The van der Waals surface area contributed by atoms with Crippen molar-refractivity contribution in [3.8, 4) is 0 Å². The Balaban J connectivity index is 2.11. The highest BCUT2D eigenvalue weighted by Crippen LogP contribution is 2.28. The molecular formula is C12H22OS. The van der Waals surface area contributed by atoms with Crippen molar-refractivity contribution >= 4 is 11.8 Å². The van der Waals surface area contributed by atoms with E-state index in [0.29, 0.717) is 5.44 Å². The molecule has 1 rings (SSSR count). The largest absolute Gasteiger partial charge is 0.485 e. The molecule has 14 heavy (non-hydrogen) atoms. The van der Waals surface area contributed by atoms with E-state index in [0.717, 1.165) is 12.3 Å². The molecule has 0 aromatic heterocycles. The summed E-state index contributed by atoms with van der Waals surface area (Å²) in [6.45, 7) is 6.67. The van der Waals surface area contributed by atoms with Crippen LogP contribution in [0.25, 0.3) is 0 Å². The van der Waals surface area contributed by atoms with E-state index >= 15 is 0 Å². The predicted molar refractivity (Wildman–Crippen MR) is 64.4 cm³/mol. The molecule has 2 unspecified atom stereocenters. The average Bonchev–Trinajstić information content (AvgIpc) is 2.52. The first-order chi connectivity index (χ1) is 6.72. The van der Waals surface area contributed by atoms with Gasteiger partial charge in [0.05, 0.1) is 5.76 Å². The minimum absolute atomic E-state index is 0.332. The second-order valence-electron chi connectivity index (χ2n) is 4.13. The molecule has 0 N–H and O–H groups in total. The third-order valence-electron chi connectivity index (χ3n) is 2.47. The zero-order chi connectivity index (χ0) is 10.4. The van der Waals surface area contributed by atoms with Gasteiger partial charge in [-0.15, -0.1) is 11.8 Å². The summed E-state index contributed by atoms with van der Waals surface area (Å²) in [5.41, 5.74) is 0.332. The van der Waals surface area contributed by atoms with E-state index in [2.05, 4.69) is 26.8 Å². The summed E-state index contributed by atoms with van der Waals surface area (Å²) in [6, 6.07) is 0. The Hall–Kier alpha value is -0.110. The van der Waals surface area contributed by atoms with Crippen LogP contribution in [0.2, 0.25) is 0 Å². The maximum atomic E-state index is 5.85. The predicted octanol–water partition coefficient (Wildman–Crippen LogP) is 4.20. The molecule has 0 spiro atoms. The van der Waals surface area contributed by atoms with Crippen LogP contribution in [0, 0.1) is 5.92 Å². The van der Waals surface area contributed by atoms with Crippen LogP contribution in [0.15, 0.2) is 11.8 Å². The van der Waals surface area contributed by atoms with Gasteiger partial charge >= 0.3 is 0 Å². The Kier molecular flexibility index (Phi) is 5.46. The monoisotopic (exact) mass is 214 g/mol. The molecule has 0 fully saturated rings. The van der Waals surface area contributed by atoms with Crippen LogP contribution >= 0.6 is 11.8 Å². The fourth-order valence-electron chi connectivity index (χ4n) is 1.58. The van der Waals surface area contributed by atoms with Crippen molar-refractivity contribution in [1.82, 2.24) is 0 Å². The molecule has 1 aliphatic rings. The number of rotatable bonds is 6. The third-order valence-corrected chi connectivity index (χ3v) is 3.56. The second kappa shape index (κ2) is 6.39. The molecule has 1 nitrogen and oxygen atoms in total. The molecule has 0 aliphatic heterocycles. The fraction of sp³-hybridized carbons (Fsp3) is 0.833. The molecule has 2 heteroatoms. The minimum atomic E-state index is 0.332. The maximum absolute atomic E-state index is 5.85. The second-order valence-corrected chi connectivity index (χ2v) is 5.53. The highest BCUT2D eigenvalue weighted by atomic mass is 32.2. The number of unbranched alkanes of at least 4 members (excludes halogenated alkanes) is 1. The van der Waals surface area contributed by atoms with E-state index in [1.165, 1.54) is 30.8 Å². The summed E-state index contributed by atoms with van der Waals surface area (Å²) >= 11 is 1.93. The molecule has 82 valence electrons. The quantitative estimate of drug-likeness (QED) is 0.484. The molecule has 0 heterocycles. The van der Waals surface area contributed by atoms with Crippen molar-refractivity contribution in [3.63, 3.8) is 0 Å². The van der Waals surface area contributed by atoms with Crippen LogP contribution < -0.4 is 0 Å². The number of thioether (sulfide) groups is 1. The normalized spacial score (nSPS) is 23.4. The number of hydrogen-bond donors (Lipinski definition) is 0. The SMILES string of the molecule is CCCCSC(C)OC1=CCC(C)C1.